The van der Waals surface area contributed by atoms with Crippen molar-refractivity contribution in [3.05, 3.63) is 29.8 Å². The van der Waals surface area contributed by atoms with Crippen molar-refractivity contribution >= 4 is 0 Å². The smallest absolute Gasteiger partial charge is 0.258 e. The van der Waals surface area contributed by atoms with Crippen molar-refractivity contribution in [2.75, 3.05) is 33.4 Å². The van der Waals surface area contributed by atoms with E-state index < -0.39 is 5.91 Å². The Hall–Kier alpha value is -1.10. The minimum Gasteiger partial charge on any atom is -0.497 e. The molecule has 3 heterocycles. The Morgan fingerprint density at radius 2 is 1.84 bits per heavy atom. The van der Waals surface area contributed by atoms with Crippen molar-refractivity contribution in [3.63, 3.8) is 0 Å². The average Bonchev–Trinajstić information content (AvgIpc) is 2.47. The highest BCUT2D eigenvalue weighted by molar-refractivity contribution is 5.30. The Balaban J connectivity index is 1.96. The summed E-state index contributed by atoms with van der Waals surface area (Å²) in [6.07, 6.45) is 0. The summed E-state index contributed by atoms with van der Waals surface area (Å²) in [4.78, 5) is 2.27. The molecule has 3 aliphatic rings. The molecule has 0 aromatic heterocycles. The summed E-state index contributed by atoms with van der Waals surface area (Å²) < 4.78 is 17.4. The number of hydrogen-bond acceptors (Lipinski definition) is 4. The number of fused-ring (bicyclic) bond motifs is 3. The van der Waals surface area contributed by atoms with E-state index >= 15 is 0 Å². The van der Waals surface area contributed by atoms with Crippen LogP contribution in [0.5, 0.6) is 5.75 Å². The number of benzene rings is 1. The molecule has 0 amide bonds. The molecule has 3 saturated heterocycles. The fraction of sp³-hybridized carbons (Fsp3) is 0.600. The van der Waals surface area contributed by atoms with Gasteiger partial charge in [0.05, 0.1) is 20.3 Å². The van der Waals surface area contributed by atoms with Gasteiger partial charge in [0, 0.05) is 24.1 Å². The standard InChI is InChI=1S/C15H21NO3/c1-4-16-9-14(2)10-18-15(16,19-11-14)12-5-7-13(17-3)8-6-12/h5-8H,4,9-11H2,1-3H3. The molecule has 4 nitrogen and oxygen atoms in total. The molecular formula is C15H21NO3. The van der Waals surface area contributed by atoms with Crippen molar-refractivity contribution in [2.45, 2.75) is 19.8 Å². The van der Waals surface area contributed by atoms with Crippen LogP contribution in [0.2, 0.25) is 0 Å². The van der Waals surface area contributed by atoms with Crippen molar-refractivity contribution in [1.82, 2.24) is 4.90 Å². The monoisotopic (exact) mass is 263 g/mol. The lowest BCUT2D eigenvalue weighted by molar-refractivity contribution is -0.417. The largest absolute Gasteiger partial charge is 0.497 e. The predicted octanol–water partition coefficient (Wildman–Crippen LogP) is 2.19. The van der Waals surface area contributed by atoms with Crippen molar-refractivity contribution in [2.24, 2.45) is 5.41 Å². The second-order valence-electron chi connectivity index (χ2n) is 5.71. The van der Waals surface area contributed by atoms with Gasteiger partial charge in [-0.25, -0.2) is 4.90 Å². The topological polar surface area (TPSA) is 30.9 Å². The number of rotatable bonds is 3. The molecule has 104 valence electrons. The van der Waals surface area contributed by atoms with Crippen LogP contribution in [-0.4, -0.2) is 38.3 Å². The summed E-state index contributed by atoms with van der Waals surface area (Å²) in [5.41, 5.74) is 1.15. The maximum atomic E-state index is 6.09. The van der Waals surface area contributed by atoms with E-state index in [9.17, 15) is 0 Å². The van der Waals surface area contributed by atoms with Gasteiger partial charge in [-0.3, -0.25) is 0 Å². The minimum absolute atomic E-state index is 0.115. The van der Waals surface area contributed by atoms with Crippen LogP contribution < -0.4 is 4.74 Å². The maximum absolute atomic E-state index is 6.09. The van der Waals surface area contributed by atoms with Crippen LogP contribution in [0.25, 0.3) is 0 Å². The molecule has 0 atom stereocenters. The Bertz CT molecular complexity index is 449. The normalized spacial score (nSPS) is 34.5. The zero-order valence-corrected chi connectivity index (χ0v) is 11.8. The molecule has 1 aromatic carbocycles. The SMILES string of the molecule is CCN1CC2(C)COC1(c1ccc(OC)cc1)OC2. The molecule has 4 rings (SSSR count). The van der Waals surface area contributed by atoms with E-state index in [0.717, 1.165) is 37.6 Å². The predicted molar refractivity (Wildman–Crippen MR) is 71.9 cm³/mol. The van der Waals surface area contributed by atoms with Crippen molar-refractivity contribution < 1.29 is 14.2 Å². The van der Waals surface area contributed by atoms with Crippen LogP contribution in [0.3, 0.4) is 0 Å². The van der Waals surface area contributed by atoms with E-state index in [-0.39, 0.29) is 5.41 Å². The number of nitrogens with zero attached hydrogens (tertiary/aromatic N) is 1. The maximum Gasteiger partial charge on any atom is 0.258 e. The number of hydrogen-bond donors (Lipinski definition) is 0. The third kappa shape index (κ3) is 1.95. The van der Waals surface area contributed by atoms with Gasteiger partial charge in [-0.05, 0) is 24.3 Å². The molecule has 0 unspecified atom stereocenters. The molecule has 3 aliphatic heterocycles. The van der Waals surface area contributed by atoms with Gasteiger partial charge < -0.3 is 14.2 Å². The zero-order chi connectivity index (χ0) is 13.5. The fourth-order valence-electron chi connectivity index (χ4n) is 2.94. The Morgan fingerprint density at radius 1 is 1.21 bits per heavy atom. The van der Waals surface area contributed by atoms with E-state index in [1.54, 1.807) is 7.11 Å². The van der Waals surface area contributed by atoms with Gasteiger partial charge in [0.2, 0.25) is 0 Å². The van der Waals surface area contributed by atoms with Crippen LogP contribution in [0, 0.1) is 5.41 Å². The van der Waals surface area contributed by atoms with E-state index in [0.29, 0.717) is 0 Å². The summed E-state index contributed by atoms with van der Waals surface area (Å²) in [6, 6.07) is 7.95. The molecule has 4 heteroatoms. The lowest BCUT2D eigenvalue weighted by Gasteiger charge is -2.57. The third-order valence-electron chi connectivity index (χ3n) is 4.06. The van der Waals surface area contributed by atoms with Crippen LogP contribution in [0.15, 0.2) is 24.3 Å². The zero-order valence-electron chi connectivity index (χ0n) is 11.8. The lowest BCUT2D eigenvalue weighted by atomic mass is 9.87. The molecule has 3 fully saturated rings. The second-order valence-corrected chi connectivity index (χ2v) is 5.71. The van der Waals surface area contributed by atoms with Crippen LogP contribution in [0.4, 0.5) is 0 Å². The molecule has 0 saturated carbocycles. The molecule has 0 aliphatic carbocycles. The Labute approximate surface area is 114 Å². The van der Waals surface area contributed by atoms with Crippen molar-refractivity contribution in [3.8, 4) is 5.75 Å². The number of ether oxygens (including phenoxy) is 3. The second kappa shape index (κ2) is 4.47. The summed E-state index contributed by atoms with van der Waals surface area (Å²) >= 11 is 0. The van der Waals surface area contributed by atoms with Gasteiger partial charge in [0.15, 0.2) is 0 Å². The van der Waals surface area contributed by atoms with Gasteiger partial charge >= 0.3 is 0 Å². The molecule has 0 N–H and O–H groups in total. The first kappa shape index (κ1) is 12.9. The highest BCUT2D eigenvalue weighted by Gasteiger charge is 2.54. The molecule has 2 bridgehead atoms. The summed E-state index contributed by atoms with van der Waals surface area (Å²) in [5, 5.41) is 0. The molecule has 1 aromatic rings. The highest BCUT2D eigenvalue weighted by atomic mass is 16.7. The fourth-order valence-corrected chi connectivity index (χ4v) is 2.94. The summed E-state index contributed by atoms with van der Waals surface area (Å²) in [6.45, 7) is 7.76. The molecule has 0 radical (unpaired) electrons. The molecule has 0 spiro atoms. The summed E-state index contributed by atoms with van der Waals surface area (Å²) in [5.74, 6) is 0.137. The lowest BCUT2D eigenvalue weighted by Crippen LogP contribution is -2.66. The molecule has 19 heavy (non-hydrogen) atoms. The van der Waals surface area contributed by atoms with Gasteiger partial charge in [-0.1, -0.05) is 13.8 Å². The molecular weight excluding hydrogens is 242 g/mol. The van der Waals surface area contributed by atoms with E-state index in [1.807, 2.05) is 24.3 Å². The number of methoxy groups -OCH3 is 1. The van der Waals surface area contributed by atoms with E-state index in [4.69, 9.17) is 14.2 Å². The van der Waals surface area contributed by atoms with Crippen molar-refractivity contribution in [1.29, 1.82) is 0 Å². The van der Waals surface area contributed by atoms with E-state index in [1.165, 1.54) is 0 Å². The third-order valence-corrected chi connectivity index (χ3v) is 4.06. The average molecular weight is 263 g/mol. The first-order valence-electron chi connectivity index (χ1n) is 6.79. The highest BCUT2D eigenvalue weighted by Crippen LogP contribution is 2.45. The van der Waals surface area contributed by atoms with Gasteiger partial charge in [0.1, 0.15) is 5.75 Å². The van der Waals surface area contributed by atoms with Crippen LogP contribution in [-0.2, 0) is 15.4 Å². The van der Waals surface area contributed by atoms with Crippen LogP contribution >= 0.6 is 0 Å². The Kier molecular flexibility index (Phi) is 3.04. The first-order chi connectivity index (χ1) is 9.12. The van der Waals surface area contributed by atoms with Gasteiger partial charge in [0.25, 0.3) is 5.91 Å². The summed E-state index contributed by atoms with van der Waals surface area (Å²) in [7, 11) is 1.67. The first-order valence-corrected chi connectivity index (χ1v) is 6.79. The van der Waals surface area contributed by atoms with Gasteiger partial charge in [-0.15, -0.1) is 0 Å². The quantitative estimate of drug-likeness (QED) is 0.836. The minimum atomic E-state index is -0.710. The van der Waals surface area contributed by atoms with Crippen LogP contribution in [0.1, 0.15) is 19.4 Å². The Morgan fingerprint density at radius 3 is 2.37 bits per heavy atom. The van der Waals surface area contributed by atoms with Gasteiger partial charge in [-0.2, -0.15) is 0 Å². The van der Waals surface area contributed by atoms with E-state index in [2.05, 4.69) is 18.7 Å².